The molecule has 12 aromatic rings. The minimum atomic E-state index is -2.92. The summed E-state index contributed by atoms with van der Waals surface area (Å²) in [5, 5.41) is 25.2. The molecule has 12 rings (SSSR count). The molecular formula is C84H84BN3O3. The summed E-state index contributed by atoms with van der Waals surface area (Å²) >= 11 is 0. The van der Waals surface area contributed by atoms with E-state index in [0.717, 1.165) is 92.0 Å². The van der Waals surface area contributed by atoms with Crippen LogP contribution in [0, 0.1) is 0 Å². The van der Waals surface area contributed by atoms with Gasteiger partial charge in [-0.3, -0.25) is 7.32 Å². The molecule has 0 unspecified atom stereocenters. The highest BCUT2D eigenvalue weighted by atomic mass is 16.5. The van der Waals surface area contributed by atoms with Gasteiger partial charge in [0.25, 0.3) is 0 Å². The van der Waals surface area contributed by atoms with Crippen LogP contribution in [0.5, 0.6) is 0 Å². The zero-order valence-corrected chi connectivity index (χ0v) is 52.3. The highest BCUT2D eigenvalue weighted by Crippen LogP contribution is 2.31. The van der Waals surface area contributed by atoms with Gasteiger partial charge in [-0.1, -0.05) is 364 Å². The molecule has 456 valence electrons. The Balaban J connectivity index is 0.000000157. The predicted molar refractivity (Wildman–Crippen MR) is 368 cm³/mol. The normalized spacial score (nSPS) is 11.1. The fourth-order valence-electron chi connectivity index (χ4n) is 12.7. The van der Waals surface area contributed by atoms with Crippen LogP contribution in [0.4, 0.5) is 0 Å². The third-order valence-corrected chi connectivity index (χ3v) is 16.3. The smallest absolute Gasteiger partial charge is 0.105 e. The van der Waals surface area contributed by atoms with Crippen molar-refractivity contribution < 1.29 is 28.5 Å². The molecule has 0 radical (unpaired) electrons. The Bertz CT molecular complexity index is 2910. The summed E-state index contributed by atoms with van der Waals surface area (Å²) < 4.78 is 2.88. The lowest BCUT2D eigenvalue weighted by atomic mass is 10.0. The lowest BCUT2D eigenvalue weighted by Gasteiger charge is -2.39. The van der Waals surface area contributed by atoms with Crippen molar-refractivity contribution in [3.05, 3.63) is 431 Å². The molecule has 0 aromatic heterocycles. The quantitative estimate of drug-likeness (QED) is 0.0447. The van der Waals surface area contributed by atoms with Crippen LogP contribution in [-0.4, -0.2) is 20.8 Å². The van der Waals surface area contributed by atoms with Crippen LogP contribution in [0.3, 0.4) is 0 Å². The SMILES string of the molecule is [O-]B([O-])[O-].c1ccc(C[N+](Cc2ccccc2)(Cc2ccccc2)Cc2ccccc2)cc1.c1ccc(C[N+](Cc2ccccc2)(Cc2ccccc2)Cc2ccccc2)cc1.c1ccc(C[N+](Cc2ccccc2)(Cc2ccccc2)Cc2ccccc2)cc1. The molecule has 0 atom stereocenters. The number of hydrogen-bond donors (Lipinski definition) is 0. The van der Waals surface area contributed by atoms with Crippen molar-refractivity contribution in [2.45, 2.75) is 78.5 Å². The first kappa shape index (κ1) is 65.9. The van der Waals surface area contributed by atoms with E-state index in [1.165, 1.54) is 66.8 Å². The van der Waals surface area contributed by atoms with Gasteiger partial charge in [-0.15, -0.1) is 0 Å². The largest absolute Gasteiger partial charge is 0.907 e. The van der Waals surface area contributed by atoms with Gasteiger partial charge < -0.3 is 28.5 Å². The van der Waals surface area contributed by atoms with Crippen LogP contribution in [0.2, 0.25) is 0 Å². The Morgan fingerprint density at radius 3 is 0.275 bits per heavy atom. The molecule has 0 aliphatic rings. The number of hydrogen-bond acceptors (Lipinski definition) is 3. The molecule has 12 aromatic carbocycles. The van der Waals surface area contributed by atoms with Gasteiger partial charge in [-0.05, 0) is 0 Å². The fraction of sp³-hybridized carbons (Fsp3) is 0.143. The molecule has 0 spiro atoms. The molecule has 0 amide bonds. The van der Waals surface area contributed by atoms with Crippen LogP contribution in [0.15, 0.2) is 364 Å². The van der Waals surface area contributed by atoms with Crippen molar-refractivity contribution in [2.75, 3.05) is 0 Å². The van der Waals surface area contributed by atoms with Gasteiger partial charge in [-0.2, -0.15) is 0 Å². The first-order chi connectivity index (χ1) is 44.7. The van der Waals surface area contributed by atoms with Gasteiger partial charge in [0.05, 0.1) is 0 Å². The van der Waals surface area contributed by atoms with Gasteiger partial charge in [0.15, 0.2) is 0 Å². The summed E-state index contributed by atoms with van der Waals surface area (Å²) in [5.74, 6) is 0. The van der Waals surface area contributed by atoms with E-state index in [1.54, 1.807) is 0 Å². The standard InChI is InChI=1S/3C28H28N.BO3/c3*1-5-13-25(14-6-1)21-29(22-26-15-7-2-8-16-26,23-27-17-9-3-10-18-27)24-28-19-11-4-12-20-28;2-1(3)4/h3*1-20H,21-24H2;/q3*+1;-3. The molecule has 0 saturated carbocycles. The van der Waals surface area contributed by atoms with E-state index in [9.17, 15) is 0 Å². The fourth-order valence-corrected chi connectivity index (χ4v) is 12.7. The van der Waals surface area contributed by atoms with Crippen LogP contribution in [0.1, 0.15) is 66.8 Å². The minimum Gasteiger partial charge on any atom is -0.907 e. The maximum atomic E-state index is 8.42. The molecule has 0 bridgehead atoms. The number of quaternary nitrogens is 3. The highest BCUT2D eigenvalue weighted by Gasteiger charge is 2.32. The summed E-state index contributed by atoms with van der Waals surface area (Å²) in [6, 6.07) is 131. The second-order valence-corrected chi connectivity index (χ2v) is 24.0. The van der Waals surface area contributed by atoms with Crippen LogP contribution in [0.25, 0.3) is 0 Å². The molecular weight excluding hydrogens is 1110 g/mol. The zero-order valence-electron chi connectivity index (χ0n) is 52.3. The average Bonchev–Trinajstić information content (AvgIpc) is 1.81. The van der Waals surface area contributed by atoms with Crippen LogP contribution in [-0.2, 0) is 78.5 Å². The molecule has 0 aliphatic carbocycles. The minimum absolute atomic E-state index is 0.960. The maximum absolute atomic E-state index is 8.42. The topological polar surface area (TPSA) is 69.2 Å². The summed E-state index contributed by atoms with van der Waals surface area (Å²) in [5.41, 5.74) is 16.6. The molecule has 0 heterocycles. The lowest BCUT2D eigenvalue weighted by molar-refractivity contribution is -0.978. The van der Waals surface area contributed by atoms with Crippen LogP contribution >= 0.6 is 0 Å². The highest BCUT2D eigenvalue weighted by molar-refractivity contribution is 6.24. The Hall–Kier alpha value is -9.54. The van der Waals surface area contributed by atoms with Crippen molar-refractivity contribution >= 4 is 7.32 Å². The second kappa shape index (κ2) is 35.6. The Morgan fingerprint density at radius 2 is 0.209 bits per heavy atom. The molecule has 6 nitrogen and oxygen atoms in total. The first-order valence-electron chi connectivity index (χ1n) is 31.7. The van der Waals surface area contributed by atoms with E-state index in [-0.39, 0.29) is 0 Å². The van der Waals surface area contributed by atoms with E-state index in [0.29, 0.717) is 0 Å². The summed E-state index contributed by atoms with van der Waals surface area (Å²) in [6.07, 6.45) is 0. The lowest BCUT2D eigenvalue weighted by Crippen LogP contribution is -2.56. The Morgan fingerprint density at radius 1 is 0.143 bits per heavy atom. The molecule has 0 fully saturated rings. The molecule has 7 heteroatoms. The van der Waals surface area contributed by atoms with E-state index >= 15 is 0 Å². The summed E-state index contributed by atoms with van der Waals surface area (Å²) in [6.45, 7) is 12.0. The number of benzene rings is 12. The Labute approximate surface area is 542 Å². The van der Waals surface area contributed by atoms with Gasteiger partial charge in [-0.25, -0.2) is 0 Å². The van der Waals surface area contributed by atoms with E-state index in [2.05, 4.69) is 364 Å². The monoisotopic (exact) mass is 1190 g/mol. The third kappa shape index (κ3) is 23.1. The van der Waals surface area contributed by atoms with Crippen molar-refractivity contribution in [3.63, 3.8) is 0 Å². The summed E-state index contributed by atoms with van der Waals surface area (Å²) in [4.78, 5) is 0. The zero-order chi connectivity index (χ0) is 62.9. The molecule has 0 N–H and O–H groups in total. The maximum Gasteiger partial charge on any atom is 0.105 e. The first-order valence-corrected chi connectivity index (χ1v) is 31.7. The van der Waals surface area contributed by atoms with Crippen molar-refractivity contribution in [1.29, 1.82) is 0 Å². The van der Waals surface area contributed by atoms with Gasteiger partial charge in [0, 0.05) is 66.8 Å². The van der Waals surface area contributed by atoms with Gasteiger partial charge in [0.1, 0.15) is 78.5 Å². The summed E-state index contributed by atoms with van der Waals surface area (Å²) in [7, 11) is -2.92. The predicted octanol–water partition coefficient (Wildman–Crippen LogP) is 15.9. The van der Waals surface area contributed by atoms with E-state index < -0.39 is 7.32 Å². The second-order valence-electron chi connectivity index (χ2n) is 24.0. The van der Waals surface area contributed by atoms with Gasteiger partial charge >= 0.3 is 0 Å². The van der Waals surface area contributed by atoms with E-state index in [1.807, 2.05) is 0 Å². The van der Waals surface area contributed by atoms with Crippen molar-refractivity contribution in [1.82, 2.24) is 0 Å². The van der Waals surface area contributed by atoms with E-state index in [4.69, 9.17) is 15.1 Å². The van der Waals surface area contributed by atoms with Crippen LogP contribution < -0.4 is 15.1 Å². The van der Waals surface area contributed by atoms with Crippen molar-refractivity contribution in [2.24, 2.45) is 0 Å². The molecule has 0 saturated heterocycles. The van der Waals surface area contributed by atoms with Gasteiger partial charge in [0.2, 0.25) is 0 Å². The Kier molecular flexibility index (Phi) is 25.8. The third-order valence-electron chi connectivity index (χ3n) is 16.3. The molecule has 0 aliphatic heterocycles. The average molecular weight is 1190 g/mol. The number of nitrogens with zero attached hydrogens (tertiary/aromatic N) is 3. The molecule has 91 heavy (non-hydrogen) atoms. The number of rotatable bonds is 24. The van der Waals surface area contributed by atoms with Crippen molar-refractivity contribution in [3.8, 4) is 0 Å².